The van der Waals surface area contributed by atoms with Crippen LogP contribution < -0.4 is 0 Å². The number of rotatable bonds is 7. The van der Waals surface area contributed by atoms with E-state index in [9.17, 15) is 8.42 Å². The zero-order chi connectivity index (χ0) is 15.7. The lowest BCUT2D eigenvalue weighted by Crippen LogP contribution is -2.20. The minimum absolute atomic E-state index is 0.0138. The van der Waals surface area contributed by atoms with E-state index in [1.54, 1.807) is 6.20 Å². The lowest BCUT2D eigenvalue weighted by atomic mass is 10.1. The van der Waals surface area contributed by atoms with E-state index in [0.29, 0.717) is 6.04 Å². The third-order valence-corrected chi connectivity index (χ3v) is 5.78. The zero-order valence-electron chi connectivity index (χ0n) is 13.0. The van der Waals surface area contributed by atoms with Gasteiger partial charge >= 0.3 is 0 Å². The Kier molecular flexibility index (Phi) is 4.25. The molecule has 1 aromatic carbocycles. The molecule has 0 aliphatic heterocycles. The molecule has 1 aliphatic rings. The minimum Gasteiger partial charge on any atom is -0.384 e. The first-order chi connectivity index (χ1) is 10.5. The van der Waals surface area contributed by atoms with Crippen LogP contribution in [0, 0.1) is 0 Å². The molecule has 1 fully saturated rings. The number of fused-ring (bicyclic) bond motifs is 1. The van der Waals surface area contributed by atoms with E-state index in [0.717, 1.165) is 23.0 Å². The molecule has 1 aromatic heterocycles. The molecule has 0 spiro atoms. The fourth-order valence-corrected chi connectivity index (χ4v) is 4.09. The third kappa shape index (κ3) is 3.04. The number of methoxy groups -OCH3 is 1. The highest BCUT2D eigenvalue weighted by atomic mass is 32.2. The van der Waals surface area contributed by atoms with Crippen molar-refractivity contribution in [1.29, 1.82) is 0 Å². The van der Waals surface area contributed by atoms with Crippen LogP contribution in [-0.4, -0.2) is 49.8 Å². The van der Waals surface area contributed by atoms with Gasteiger partial charge in [0.15, 0.2) is 0 Å². The van der Waals surface area contributed by atoms with Gasteiger partial charge in [-0.05, 0) is 31.5 Å². The molecule has 0 amide bonds. The van der Waals surface area contributed by atoms with Crippen LogP contribution in [0.25, 0.3) is 10.9 Å². The van der Waals surface area contributed by atoms with Crippen molar-refractivity contribution in [2.45, 2.75) is 25.4 Å². The summed E-state index contributed by atoms with van der Waals surface area (Å²) in [7, 11) is 0.218. The first-order valence-electron chi connectivity index (χ1n) is 7.54. The third-order valence-electron chi connectivity index (χ3n) is 4.20. The summed E-state index contributed by atoms with van der Waals surface area (Å²) in [5.74, 6) is -0.0138. The molecule has 120 valence electrons. The Labute approximate surface area is 131 Å². The van der Waals surface area contributed by atoms with Gasteiger partial charge in [-0.25, -0.2) is 12.4 Å². The molecule has 0 saturated heterocycles. The smallest absolute Gasteiger partial charge is 0.241 e. The minimum atomic E-state index is -3.40. The molecule has 3 rings (SSSR count). The van der Waals surface area contributed by atoms with E-state index < -0.39 is 10.0 Å². The second-order valence-electron chi connectivity index (χ2n) is 5.92. The van der Waals surface area contributed by atoms with E-state index in [4.69, 9.17) is 4.74 Å². The topological polar surface area (TPSA) is 51.5 Å². The van der Waals surface area contributed by atoms with Crippen molar-refractivity contribution in [3.8, 4) is 0 Å². The Balaban J connectivity index is 2.00. The van der Waals surface area contributed by atoms with Crippen LogP contribution in [0.4, 0.5) is 0 Å². The van der Waals surface area contributed by atoms with Gasteiger partial charge in [-0.3, -0.25) is 4.90 Å². The highest BCUT2D eigenvalue weighted by molar-refractivity contribution is 7.90. The van der Waals surface area contributed by atoms with Crippen LogP contribution in [0.3, 0.4) is 0 Å². The predicted molar refractivity (Wildman–Crippen MR) is 87.5 cm³/mol. The SMILES string of the molecule is COCCS(=O)(=O)n1cc(CN(C)C2CC2)c2ccccc21. The number of benzene rings is 1. The summed E-state index contributed by atoms with van der Waals surface area (Å²) in [5.41, 5.74) is 1.81. The molecule has 1 heterocycles. The van der Waals surface area contributed by atoms with Gasteiger partial charge in [0.1, 0.15) is 0 Å². The summed E-state index contributed by atoms with van der Waals surface area (Å²) in [6.07, 6.45) is 4.25. The number of hydrogen-bond donors (Lipinski definition) is 0. The Morgan fingerprint density at radius 2 is 2.05 bits per heavy atom. The molecule has 5 nitrogen and oxygen atoms in total. The number of aromatic nitrogens is 1. The number of para-hydroxylation sites is 1. The zero-order valence-corrected chi connectivity index (χ0v) is 13.8. The summed E-state index contributed by atoms with van der Waals surface area (Å²) < 4.78 is 31.4. The van der Waals surface area contributed by atoms with Gasteiger partial charge in [0, 0.05) is 31.3 Å². The monoisotopic (exact) mass is 322 g/mol. The normalized spacial score (nSPS) is 15.8. The molecule has 2 aromatic rings. The number of hydrogen-bond acceptors (Lipinski definition) is 4. The van der Waals surface area contributed by atoms with Crippen molar-refractivity contribution in [1.82, 2.24) is 8.87 Å². The first-order valence-corrected chi connectivity index (χ1v) is 9.15. The van der Waals surface area contributed by atoms with Crippen LogP contribution in [0.5, 0.6) is 0 Å². The fraction of sp³-hybridized carbons (Fsp3) is 0.500. The molecule has 1 saturated carbocycles. The maximum atomic E-state index is 12.5. The molecular weight excluding hydrogens is 300 g/mol. The maximum absolute atomic E-state index is 12.5. The molecule has 6 heteroatoms. The Hall–Kier alpha value is -1.37. The van der Waals surface area contributed by atoms with E-state index in [2.05, 4.69) is 11.9 Å². The second kappa shape index (κ2) is 6.02. The summed E-state index contributed by atoms with van der Waals surface area (Å²) in [6, 6.07) is 8.33. The van der Waals surface area contributed by atoms with E-state index in [-0.39, 0.29) is 12.4 Å². The fourth-order valence-electron chi connectivity index (χ4n) is 2.77. The Bertz CT molecular complexity index is 763. The highest BCUT2D eigenvalue weighted by Gasteiger charge is 2.27. The van der Waals surface area contributed by atoms with Gasteiger partial charge in [-0.15, -0.1) is 0 Å². The lowest BCUT2D eigenvalue weighted by molar-refractivity contribution is 0.217. The van der Waals surface area contributed by atoms with Crippen LogP contribution in [-0.2, 0) is 21.3 Å². The van der Waals surface area contributed by atoms with Gasteiger partial charge in [0.2, 0.25) is 10.0 Å². The van der Waals surface area contributed by atoms with E-state index >= 15 is 0 Å². The van der Waals surface area contributed by atoms with Crippen LogP contribution in [0.1, 0.15) is 18.4 Å². The van der Waals surface area contributed by atoms with Crippen molar-refractivity contribution in [2.24, 2.45) is 0 Å². The van der Waals surface area contributed by atoms with E-state index in [1.807, 2.05) is 24.3 Å². The van der Waals surface area contributed by atoms with Crippen LogP contribution >= 0.6 is 0 Å². The summed E-state index contributed by atoms with van der Waals surface area (Å²) in [6.45, 7) is 0.976. The summed E-state index contributed by atoms with van der Waals surface area (Å²) in [4.78, 5) is 2.30. The van der Waals surface area contributed by atoms with Gasteiger partial charge in [0.25, 0.3) is 0 Å². The molecule has 0 N–H and O–H groups in total. The van der Waals surface area contributed by atoms with Gasteiger partial charge in [-0.1, -0.05) is 18.2 Å². The largest absolute Gasteiger partial charge is 0.384 e. The maximum Gasteiger partial charge on any atom is 0.241 e. The average Bonchev–Trinajstić information content (AvgIpc) is 3.29. The van der Waals surface area contributed by atoms with Gasteiger partial charge < -0.3 is 4.74 Å². The van der Waals surface area contributed by atoms with Crippen molar-refractivity contribution in [3.63, 3.8) is 0 Å². The van der Waals surface area contributed by atoms with Crippen molar-refractivity contribution < 1.29 is 13.2 Å². The van der Waals surface area contributed by atoms with Gasteiger partial charge in [0.05, 0.1) is 17.9 Å². The Morgan fingerprint density at radius 1 is 1.32 bits per heavy atom. The highest BCUT2D eigenvalue weighted by Crippen LogP contribution is 2.29. The summed E-state index contributed by atoms with van der Waals surface area (Å²) in [5, 5.41) is 1.01. The first kappa shape index (κ1) is 15.5. The average molecular weight is 322 g/mol. The van der Waals surface area contributed by atoms with E-state index in [1.165, 1.54) is 23.9 Å². The lowest BCUT2D eigenvalue weighted by Gasteiger charge is -2.14. The molecule has 1 aliphatic carbocycles. The molecular formula is C16H22N2O3S. The standard InChI is InChI=1S/C16H22N2O3S/c1-17(14-7-8-14)11-13-12-18(22(19,20)10-9-21-2)16-6-4-3-5-15(13)16/h3-6,12,14H,7-11H2,1-2H3. The summed E-state index contributed by atoms with van der Waals surface area (Å²) >= 11 is 0. The predicted octanol–water partition coefficient (Wildman–Crippen LogP) is 2.06. The number of ether oxygens (including phenoxy) is 1. The molecule has 22 heavy (non-hydrogen) atoms. The molecule has 0 atom stereocenters. The van der Waals surface area contributed by atoms with Crippen LogP contribution in [0.2, 0.25) is 0 Å². The van der Waals surface area contributed by atoms with Crippen molar-refractivity contribution in [3.05, 3.63) is 36.0 Å². The van der Waals surface area contributed by atoms with Crippen molar-refractivity contribution >= 4 is 20.9 Å². The molecule has 0 radical (unpaired) electrons. The van der Waals surface area contributed by atoms with Crippen LogP contribution in [0.15, 0.2) is 30.5 Å². The quantitative estimate of drug-likeness (QED) is 0.783. The second-order valence-corrected chi connectivity index (χ2v) is 7.89. The van der Waals surface area contributed by atoms with Crippen molar-refractivity contribution in [2.75, 3.05) is 26.5 Å². The number of nitrogens with zero attached hydrogens (tertiary/aromatic N) is 2. The Morgan fingerprint density at radius 3 is 2.73 bits per heavy atom. The van der Waals surface area contributed by atoms with Gasteiger partial charge in [-0.2, -0.15) is 0 Å². The molecule has 0 bridgehead atoms. The molecule has 0 unspecified atom stereocenters.